The van der Waals surface area contributed by atoms with Crippen molar-refractivity contribution in [3.63, 3.8) is 0 Å². The maximum atomic E-state index is 13.9. The average Bonchev–Trinajstić information content (AvgIpc) is 3.28. The summed E-state index contributed by atoms with van der Waals surface area (Å²) < 4.78 is 0. The molecule has 0 bridgehead atoms. The molecular weight excluding hydrogens is 971 g/mol. The Kier molecular flexibility index (Phi) is 30.8. The van der Waals surface area contributed by atoms with Crippen LogP contribution < -0.4 is 76.9 Å². The van der Waals surface area contributed by atoms with Gasteiger partial charge >= 0.3 is 11.9 Å². The van der Waals surface area contributed by atoms with E-state index < -0.39 is 164 Å². The first-order valence-corrected chi connectivity index (χ1v) is 23.3. The van der Waals surface area contributed by atoms with Crippen LogP contribution in [0.3, 0.4) is 0 Å². The third-order valence-electron chi connectivity index (χ3n) is 10.4. The lowest BCUT2D eigenvalue weighted by Gasteiger charge is -2.27. The summed E-state index contributed by atoms with van der Waals surface area (Å²) in [6, 6.07) is -12.6. The minimum atomic E-state index is -1.83. The van der Waals surface area contributed by atoms with Gasteiger partial charge in [-0.25, -0.2) is 4.79 Å². The number of aliphatic carboxylic acids is 2. The molecule has 0 saturated heterocycles. The van der Waals surface area contributed by atoms with Gasteiger partial charge in [0.1, 0.15) is 36.3 Å². The number of carboxylic acid groups (broad SMARTS) is 2. The van der Waals surface area contributed by atoms with E-state index >= 15 is 0 Å². The molecule has 10 atom stereocenters. The molecule has 0 unspecified atom stereocenters. The molecule has 73 heavy (non-hydrogen) atoms. The van der Waals surface area contributed by atoms with E-state index in [9.17, 15) is 72.9 Å². The van der Waals surface area contributed by atoms with Crippen LogP contribution in [0, 0.1) is 5.92 Å². The molecule has 24 N–H and O–H groups in total. The summed E-state index contributed by atoms with van der Waals surface area (Å²) in [6.07, 6.45) is -5.30. The summed E-state index contributed by atoms with van der Waals surface area (Å²) in [5, 5.41) is 56.9. The number of carboxylic acids is 2. The van der Waals surface area contributed by atoms with Crippen molar-refractivity contribution in [2.24, 2.45) is 45.3 Å². The third kappa shape index (κ3) is 27.8. The number of hydrogen-bond donors (Lipinski definition) is 18. The van der Waals surface area contributed by atoms with Crippen molar-refractivity contribution in [2.75, 3.05) is 19.6 Å². The van der Waals surface area contributed by atoms with Crippen molar-refractivity contribution < 1.29 is 78.0 Å². The van der Waals surface area contributed by atoms with E-state index in [1.165, 1.54) is 0 Å². The second-order valence-corrected chi connectivity index (χ2v) is 17.5. The smallest absolute Gasteiger partial charge is 0.328 e. The Bertz CT molecular complexity index is 1950. The number of aliphatic hydroxyl groups excluding tert-OH is 2. The fourth-order valence-corrected chi connectivity index (χ4v) is 6.53. The predicted molar refractivity (Wildman–Crippen MR) is 257 cm³/mol. The molecule has 0 aromatic rings. The number of nitrogens with two attached hydrogens (primary N) is 6. The number of nitrogens with zero attached hydrogens (tertiary/aromatic N) is 1. The molecule has 0 fully saturated rings. The van der Waals surface area contributed by atoms with Crippen molar-refractivity contribution in [3.8, 4) is 0 Å². The Hall–Kier alpha value is -7.25. The van der Waals surface area contributed by atoms with E-state index in [1.807, 2.05) is 0 Å². The van der Waals surface area contributed by atoms with Crippen molar-refractivity contribution in [2.45, 2.75) is 159 Å². The molecule has 0 aliphatic carbocycles. The molecule has 414 valence electrons. The van der Waals surface area contributed by atoms with Crippen molar-refractivity contribution in [1.82, 2.24) is 42.5 Å². The molecule has 0 heterocycles. The van der Waals surface area contributed by atoms with Crippen molar-refractivity contribution in [1.29, 1.82) is 0 Å². The van der Waals surface area contributed by atoms with Gasteiger partial charge in [0.15, 0.2) is 12.0 Å². The lowest BCUT2D eigenvalue weighted by atomic mass is 10.0. The number of aliphatic hydroxyl groups is 2. The molecule has 31 heteroatoms. The van der Waals surface area contributed by atoms with Crippen LogP contribution in [0.2, 0.25) is 0 Å². The van der Waals surface area contributed by atoms with Crippen LogP contribution in [0.5, 0.6) is 0 Å². The van der Waals surface area contributed by atoms with Gasteiger partial charge in [0.05, 0.1) is 31.2 Å². The molecule has 0 aromatic heterocycles. The van der Waals surface area contributed by atoms with Crippen LogP contribution in [0.1, 0.15) is 98.3 Å². The van der Waals surface area contributed by atoms with Gasteiger partial charge in [-0.2, -0.15) is 0 Å². The molecule has 0 aromatic carbocycles. The van der Waals surface area contributed by atoms with Gasteiger partial charge < -0.3 is 97.4 Å². The van der Waals surface area contributed by atoms with Crippen LogP contribution in [0.15, 0.2) is 4.99 Å². The molecular formula is C42H75N15O16. The van der Waals surface area contributed by atoms with Gasteiger partial charge in [-0.3, -0.25) is 57.7 Å². The summed E-state index contributed by atoms with van der Waals surface area (Å²) in [5.41, 5.74) is 32.9. The number of carbonyl (C=O) groups is 12. The lowest BCUT2D eigenvalue weighted by molar-refractivity contribution is -0.145. The molecule has 0 rings (SSSR count). The number of amides is 10. The summed E-state index contributed by atoms with van der Waals surface area (Å²) in [6.45, 7) is 4.77. The van der Waals surface area contributed by atoms with E-state index in [0.717, 1.165) is 13.8 Å². The number of guanidine groups is 1. The first-order valence-electron chi connectivity index (χ1n) is 23.3. The fourth-order valence-electron chi connectivity index (χ4n) is 6.53. The zero-order chi connectivity index (χ0) is 56.1. The summed E-state index contributed by atoms with van der Waals surface area (Å²) in [4.78, 5) is 157. The van der Waals surface area contributed by atoms with Gasteiger partial charge in [-0.15, -0.1) is 0 Å². The first kappa shape index (κ1) is 65.8. The molecule has 0 saturated carbocycles. The van der Waals surface area contributed by atoms with E-state index in [4.69, 9.17) is 39.5 Å². The third-order valence-corrected chi connectivity index (χ3v) is 10.4. The Morgan fingerprint density at radius 3 is 1.48 bits per heavy atom. The molecule has 0 aliphatic heterocycles. The maximum Gasteiger partial charge on any atom is 0.328 e. The summed E-state index contributed by atoms with van der Waals surface area (Å²) >= 11 is 0. The number of rotatable bonds is 37. The monoisotopic (exact) mass is 1050 g/mol. The van der Waals surface area contributed by atoms with Crippen molar-refractivity contribution >= 4 is 77.0 Å². The van der Waals surface area contributed by atoms with Gasteiger partial charge in [-0.05, 0) is 77.7 Å². The Morgan fingerprint density at radius 1 is 0.521 bits per heavy atom. The van der Waals surface area contributed by atoms with Crippen LogP contribution in [0.4, 0.5) is 0 Å². The standard InChI is InChI=1S/C42H75N15O16/c1-19(2)16-26(39(70)57-33(21(4)59)41(72)73)55-40(71)32(20(3)58)56-30(62)18-50-35(66)27(17-29(46)61)54-37(68)24(9-7-15-49-42(47)48)52-38(69)25(11-12-28(45)60)53-36(67)23(8-5-6-14-43)51-34(65)22(44)10-13-31(63)64/h19-27,32-33,58-59H,5-18,43-44H2,1-4H3,(H2,45,60)(H2,46,61)(H,50,66)(H,51,65)(H,52,69)(H,53,67)(H,54,68)(H,55,71)(H,56,62)(H,57,70)(H,63,64)(H,72,73)(H4,47,48,49)/t20-,21-,22+,23+,24+,25+,26+,27+,32+,33+/m1/s1. The lowest BCUT2D eigenvalue weighted by Crippen LogP contribution is -2.60. The van der Waals surface area contributed by atoms with Crippen LogP contribution in [0.25, 0.3) is 0 Å². The maximum absolute atomic E-state index is 13.9. The van der Waals surface area contributed by atoms with Gasteiger partial charge in [0, 0.05) is 19.4 Å². The van der Waals surface area contributed by atoms with Crippen LogP contribution in [-0.4, -0.2) is 178 Å². The van der Waals surface area contributed by atoms with Crippen LogP contribution in [-0.2, 0) is 57.5 Å². The van der Waals surface area contributed by atoms with E-state index in [0.29, 0.717) is 12.8 Å². The number of aliphatic imine (C=N–C) groups is 1. The van der Waals surface area contributed by atoms with E-state index in [1.54, 1.807) is 13.8 Å². The molecule has 0 radical (unpaired) electrons. The summed E-state index contributed by atoms with van der Waals surface area (Å²) in [7, 11) is 0. The van der Waals surface area contributed by atoms with E-state index in [2.05, 4.69) is 47.5 Å². The van der Waals surface area contributed by atoms with Crippen LogP contribution >= 0.6 is 0 Å². The highest BCUT2D eigenvalue weighted by Gasteiger charge is 2.35. The highest BCUT2D eigenvalue weighted by atomic mass is 16.4. The number of nitrogens with one attached hydrogen (secondary N) is 8. The first-order chi connectivity index (χ1) is 34.0. The Labute approximate surface area is 420 Å². The Balaban J connectivity index is 6.48. The molecule has 10 amide bonds. The van der Waals surface area contributed by atoms with Gasteiger partial charge in [0.2, 0.25) is 59.1 Å². The quantitative estimate of drug-likeness (QED) is 0.0156. The SMILES string of the molecule is CC(C)C[C@H](NC(=O)[C@@H](NC(=O)CNC(=O)[C@H](CC(N)=O)NC(=O)[C@H](CCCN=C(N)N)NC(=O)[C@H](CCC(N)=O)NC(=O)[C@H](CCCCN)NC(=O)[C@@H](N)CCC(=O)O)[C@@H](C)O)C(=O)N[C@H](C(=O)O)[C@@H](C)O. The normalized spacial score (nSPS) is 15.1. The highest BCUT2D eigenvalue weighted by Crippen LogP contribution is 2.10. The topological polar surface area (TPSA) is 550 Å². The molecule has 0 aliphatic rings. The predicted octanol–water partition coefficient (Wildman–Crippen LogP) is -8.10. The summed E-state index contributed by atoms with van der Waals surface area (Å²) in [5.74, 6) is -13.8. The highest BCUT2D eigenvalue weighted by molar-refractivity contribution is 5.98. The molecule has 0 spiro atoms. The zero-order valence-corrected chi connectivity index (χ0v) is 41.3. The Morgan fingerprint density at radius 2 is 1.01 bits per heavy atom. The largest absolute Gasteiger partial charge is 0.481 e. The average molecular weight is 1050 g/mol. The minimum absolute atomic E-state index is 0.00948. The second-order valence-electron chi connectivity index (χ2n) is 17.5. The fraction of sp³-hybridized carbons (Fsp3) is 0.690. The molecule has 31 nitrogen and oxygen atoms in total. The zero-order valence-electron chi connectivity index (χ0n) is 41.3. The van der Waals surface area contributed by atoms with Gasteiger partial charge in [0.25, 0.3) is 0 Å². The number of carbonyl (C=O) groups excluding carboxylic acids is 10. The number of hydrogen-bond acceptors (Lipinski definition) is 17. The second kappa shape index (κ2) is 34.2. The van der Waals surface area contributed by atoms with E-state index in [-0.39, 0.29) is 57.1 Å². The number of primary amides is 2. The van der Waals surface area contributed by atoms with Crippen molar-refractivity contribution in [3.05, 3.63) is 0 Å². The minimum Gasteiger partial charge on any atom is -0.481 e. The number of unbranched alkanes of at least 4 members (excludes halogenated alkanes) is 1. The van der Waals surface area contributed by atoms with Gasteiger partial charge in [-0.1, -0.05) is 13.8 Å².